The number of carbonyl (C=O) groups is 2. The molecule has 1 saturated heterocycles. The van der Waals surface area contributed by atoms with Crippen LogP contribution in [0.15, 0.2) is 34.6 Å². The monoisotopic (exact) mass is 373 g/mol. The van der Waals surface area contributed by atoms with E-state index < -0.39 is 0 Å². The van der Waals surface area contributed by atoms with E-state index in [2.05, 4.69) is 5.32 Å². The Bertz CT molecular complexity index is 863. The van der Waals surface area contributed by atoms with Crippen molar-refractivity contribution in [2.75, 3.05) is 19.6 Å². The summed E-state index contributed by atoms with van der Waals surface area (Å²) in [5.41, 5.74) is 1.05. The Kier molecular flexibility index (Phi) is 5.56. The normalized spacial score (nSPS) is 15.1. The van der Waals surface area contributed by atoms with Crippen molar-refractivity contribution in [2.24, 2.45) is 13.0 Å². The molecule has 0 saturated carbocycles. The summed E-state index contributed by atoms with van der Waals surface area (Å²) < 4.78 is 1.42. The first-order valence-corrected chi connectivity index (χ1v) is 9.62. The highest BCUT2D eigenvalue weighted by molar-refractivity contribution is 7.12. The number of hydrogen-bond donors (Lipinski definition) is 1. The molecule has 0 unspecified atom stereocenters. The number of rotatable bonds is 4. The van der Waals surface area contributed by atoms with E-state index in [1.54, 1.807) is 30.3 Å². The van der Waals surface area contributed by atoms with Crippen molar-refractivity contribution >= 4 is 23.2 Å². The van der Waals surface area contributed by atoms with Crippen LogP contribution < -0.4 is 10.9 Å². The summed E-state index contributed by atoms with van der Waals surface area (Å²) in [4.78, 5) is 39.3. The molecule has 3 heterocycles. The zero-order chi connectivity index (χ0) is 18.7. The zero-order valence-electron chi connectivity index (χ0n) is 15.0. The topological polar surface area (TPSA) is 71.4 Å². The van der Waals surface area contributed by atoms with Crippen LogP contribution in [0.5, 0.6) is 0 Å². The molecular formula is C19H23N3O3S. The van der Waals surface area contributed by atoms with Crippen LogP contribution in [0.4, 0.5) is 0 Å². The maximum absolute atomic E-state index is 12.6. The third kappa shape index (κ3) is 4.04. The summed E-state index contributed by atoms with van der Waals surface area (Å²) >= 11 is 1.45. The van der Waals surface area contributed by atoms with Gasteiger partial charge in [0.15, 0.2) is 0 Å². The van der Waals surface area contributed by atoms with Gasteiger partial charge in [-0.1, -0.05) is 0 Å². The fourth-order valence-corrected chi connectivity index (χ4v) is 3.96. The third-order valence-electron chi connectivity index (χ3n) is 4.76. The predicted molar refractivity (Wildman–Crippen MR) is 102 cm³/mol. The molecule has 6 nitrogen and oxygen atoms in total. The fraction of sp³-hybridized carbons (Fsp3) is 0.421. The Morgan fingerprint density at radius 1 is 1.31 bits per heavy atom. The molecule has 2 amide bonds. The van der Waals surface area contributed by atoms with Crippen LogP contribution in [0.3, 0.4) is 0 Å². The van der Waals surface area contributed by atoms with Crippen LogP contribution in [-0.2, 0) is 7.05 Å². The van der Waals surface area contributed by atoms with Gasteiger partial charge in [-0.25, -0.2) is 0 Å². The average molecular weight is 373 g/mol. The van der Waals surface area contributed by atoms with Crippen LogP contribution in [0.2, 0.25) is 0 Å². The van der Waals surface area contributed by atoms with Crippen molar-refractivity contribution in [3.8, 4) is 0 Å². The molecule has 1 aliphatic heterocycles. The van der Waals surface area contributed by atoms with Crippen LogP contribution in [0.1, 0.15) is 38.4 Å². The van der Waals surface area contributed by atoms with Gasteiger partial charge in [0.25, 0.3) is 17.4 Å². The number of thiophene rings is 1. The van der Waals surface area contributed by atoms with Crippen LogP contribution >= 0.6 is 11.3 Å². The lowest BCUT2D eigenvalue weighted by molar-refractivity contribution is 0.0682. The van der Waals surface area contributed by atoms with Gasteiger partial charge in [0.2, 0.25) is 0 Å². The number of amides is 2. The van der Waals surface area contributed by atoms with Gasteiger partial charge >= 0.3 is 0 Å². The van der Waals surface area contributed by atoms with Crippen LogP contribution in [0, 0.1) is 12.8 Å². The Hall–Kier alpha value is -2.41. The number of nitrogens with zero attached hydrogens (tertiary/aromatic N) is 2. The van der Waals surface area contributed by atoms with Crippen molar-refractivity contribution in [2.45, 2.75) is 19.8 Å². The van der Waals surface area contributed by atoms with Gasteiger partial charge in [-0.3, -0.25) is 14.4 Å². The molecule has 0 spiro atoms. The van der Waals surface area contributed by atoms with Gasteiger partial charge in [-0.2, -0.15) is 0 Å². The maximum atomic E-state index is 12.6. The fourth-order valence-electron chi connectivity index (χ4n) is 3.15. The molecular weight excluding hydrogens is 350 g/mol. The van der Waals surface area contributed by atoms with Crippen molar-refractivity contribution in [1.82, 2.24) is 14.8 Å². The second-order valence-corrected chi connectivity index (χ2v) is 7.68. The number of nitrogens with one attached hydrogen (secondary N) is 1. The van der Waals surface area contributed by atoms with E-state index in [0.29, 0.717) is 25.6 Å². The molecule has 26 heavy (non-hydrogen) atoms. The van der Waals surface area contributed by atoms with E-state index in [9.17, 15) is 14.4 Å². The average Bonchev–Trinajstić information content (AvgIpc) is 3.08. The number of pyridine rings is 1. The molecule has 0 bridgehead atoms. The van der Waals surface area contributed by atoms with E-state index in [-0.39, 0.29) is 22.9 Å². The zero-order valence-corrected chi connectivity index (χ0v) is 15.8. The van der Waals surface area contributed by atoms with Gasteiger partial charge in [-0.15, -0.1) is 11.3 Å². The third-order valence-corrected chi connectivity index (χ3v) is 5.81. The second kappa shape index (κ2) is 7.86. The minimum absolute atomic E-state index is 0.0330. The summed E-state index contributed by atoms with van der Waals surface area (Å²) in [5, 5.41) is 4.95. The molecule has 0 radical (unpaired) electrons. The predicted octanol–water partition coefficient (Wildman–Crippen LogP) is 2.04. The molecule has 3 rings (SSSR count). The summed E-state index contributed by atoms with van der Waals surface area (Å²) in [6.45, 7) is 3.80. The van der Waals surface area contributed by atoms with Gasteiger partial charge in [0, 0.05) is 32.9 Å². The Labute approximate surface area is 156 Å². The van der Waals surface area contributed by atoms with E-state index in [1.807, 2.05) is 18.4 Å². The van der Waals surface area contributed by atoms with Crippen molar-refractivity contribution in [3.63, 3.8) is 0 Å². The standard InChI is InChI=1S/C19H23N3O3S/c1-13-10-16(26-12-13)17(23)20-11-14-5-8-22(9-6-14)19(25)15-4-3-7-21(2)18(15)24/h3-4,7,10,12,14H,5-6,8-9,11H2,1-2H3,(H,20,23). The van der Waals surface area contributed by atoms with E-state index >= 15 is 0 Å². The lowest BCUT2D eigenvalue weighted by atomic mass is 9.96. The minimum Gasteiger partial charge on any atom is -0.351 e. The number of likely N-dealkylation sites (tertiary alicyclic amines) is 1. The Morgan fingerprint density at radius 3 is 2.69 bits per heavy atom. The minimum atomic E-state index is -0.266. The van der Waals surface area contributed by atoms with Gasteiger partial charge in [0.1, 0.15) is 5.56 Å². The maximum Gasteiger partial charge on any atom is 0.263 e. The van der Waals surface area contributed by atoms with E-state index in [4.69, 9.17) is 0 Å². The van der Waals surface area contributed by atoms with E-state index in [1.165, 1.54) is 15.9 Å². The van der Waals surface area contributed by atoms with Gasteiger partial charge < -0.3 is 14.8 Å². The lowest BCUT2D eigenvalue weighted by Crippen LogP contribution is -2.43. The summed E-state index contributed by atoms with van der Waals surface area (Å²) in [6.07, 6.45) is 3.29. The number of aryl methyl sites for hydroxylation is 2. The molecule has 1 N–H and O–H groups in total. The first-order chi connectivity index (χ1) is 12.5. The molecule has 7 heteroatoms. The van der Waals surface area contributed by atoms with Crippen LogP contribution in [-0.4, -0.2) is 40.9 Å². The Balaban J connectivity index is 1.51. The molecule has 1 fully saturated rings. The molecule has 138 valence electrons. The quantitative estimate of drug-likeness (QED) is 0.891. The first-order valence-electron chi connectivity index (χ1n) is 8.74. The van der Waals surface area contributed by atoms with Crippen molar-refractivity contribution in [3.05, 3.63) is 56.1 Å². The number of aromatic nitrogens is 1. The summed E-state index contributed by atoms with van der Waals surface area (Å²) in [7, 11) is 1.64. The first kappa shape index (κ1) is 18.4. The van der Waals surface area contributed by atoms with Crippen molar-refractivity contribution in [1.29, 1.82) is 0 Å². The van der Waals surface area contributed by atoms with E-state index in [0.717, 1.165) is 23.3 Å². The Morgan fingerprint density at radius 2 is 2.04 bits per heavy atom. The van der Waals surface area contributed by atoms with Gasteiger partial charge in [0.05, 0.1) is 4.88 Å². The molecule has 0 aliphatic carbocycles. The SMILES string of the molecule is Cc1csc(C(=O)NCC2CCN(C(=O)c3cccn(C)c3=O)CC2)c1. The summed E-state index contributed by atoms with van der Waals surface area (Å²) in [6, 6.07) is 5.19. The molecule has 0 atom stereocenters. The van der Waals surface area contributed by atoms with Gasteiger partial charge in [-0.05, 0) is 54.8 Å². The lowest BCUT2D eigenvalue weighted by Gasteiger charge is -2.32. The smallest absolute Gasteiger partial charge is 0.263 e. The highest BCUT2D eigenvalue weighted by atomic mass is 32.1. The van der Waals surface area contributed by atoms with Crippen LogP contribution in [0.25, 0.3) is 0 Å². The molecule has 0 aromatic carbocycles. The molecule has 2 aromatic rings. The highest BCUT2D eigenvalue weighted by Gasteiger charge is 2.25. The highest BCUT2D eigenvalue weighted by Crippen LogP contribution is 2.19. The number of carbonyl (C=O) groups excluding carboxylic acids is 2. The second-order valence-electron chi connectivity index (χ2n) is 6.77. The largest absolute Gasteiger partial charge is 0.351 e. The summed E-state index contributed by atoms with van der Waals surface area (Å²) in [5.74, 6) is 0.111. The molecule has 1 aliphatic rings. The molecule has 2 aromatic heterocycles. The number of piperidine rings is 1. The van der Waals surface area contributed by atoms with Crippen molar-refractivity contribution < 1.29 is 9.59 Å². The number of hydrogen-bond acceptors (Lipinski definition) is 4.